The first kappa shape index (κ1) is 15.4. The molecule has 0 aromatic carbocycles. The number of alkyl halides is 5. The molecule has 2 aromatic rings. The van der Waals surface area contributed by atoms with Crippen molar-refractivity contribution in [2.45, 2.75) is 19.3 Å². The largest absolute Gasteiger partial charge is 0.433 e. The first-order valence-corrected chi connectivity index (χ1v) is 6.33. The van der Waals surface area contributed by atoms with Gasteiger partial charge in [-0.1, -0.05) is 11.3 Å². The highest BCUT2D eigenvalue weighted by Crippen LogP contribution is 2.35. The van der Waals surface area contributed by atoms with Gasteiger partial charge in [0.05, 0.1) is 24.6 Å². The third kappa shape index (κ3) is 4.52. The summed E-state index contributed by atoms with van der Waals surface area (Å²) in [5, 5.41) is 2.76. The summed E-state index contributed by atoms with van der Waals surface area (Å²) in [6.45, 7) is -2.83. The van der Waals surface area contributed by atoms with Crippen LogP contribution in [0.3, 0.4) is 0 Å². The predicted molar refractivity (Wildman–Crippen MR) is 65.3 cm³/mol. The molecule has 0 fully saturated rings. The van der Waals surface area contributed by atoms with Gasteiger partial charge in [0, 0.05) is 0 Å². The van der Waals surface area contributed by atoms with Gasteiger partial charge in [0.2, 0.25) is 0 Å². The van der Waals surface area contributed by atoms with Crippen LogP contribution in [0.2, 0.25) is 0 Å². The Balaban J connectivity index is 1.92. The van der Waals surface area contributed by atoms with Crippen molar-refractivity contribution in [2.24, 2.45) is 0 Å². The molecule has 1 N–H and O–H groups in total. The number of ether oxygens (including phenoxy) is 1. The zero-order valence-corrected chi connectivity index (χ0v) is 11.0. The van der Waals surface area contributed by atoms with E-state index in [0.29, 0.717) is 17.0 Å². The highest BCUT2D eigenvalue weighted by molar-refractivity contribution is 7.15. The SMILES string of the molecule is FC(F)Oc1ccc(CNc2ncc(C(F)(F)F)s2)nc1. The first-order valence-electron chi connectivity index (χ1n) is 5.51. The van der Waals surface area contributed by atoms with Gasteiger partial charge in [-0.3, -0.25) is 4.98 Å². The Morgan fingerprint density at radius 2 is 1.95 bits per heavy atom. The summed E-state index contributed by atoms with van der Waals surface area (Å²) >= 11 is 0.472. The van der Waals surface area contributed by atoms with E-state index in [4.69, 9.17) is 0 Å². The van der Waals surface area contributed by atoms with E-state index >= 15 is 0 Å². The summed E-state index contributed by atoms with van der Waals surface area (Å²) in [5.74, 6) is -0.0950. The van der Waals surface area contributed by atoms with Crippen LogP contribution in [0.25, 0.3) is 0 Å². The van der Waals surface area contributed by atoms with Gasteiger partial charge in [0.15, 0.2) is 5.13 Å². The molecule has 2 heterocycles. The maximum Gasteiger partial charge on any atom is 0.427 e. The second kappa shape index (κ2) is 6.20. The smallest absolute Gasteiger partial charge is 0.427 e. The number of halogens is 5. The van der Waals surface area contributed by atoms with Crippen LogP contribution in [0.4, 0.5) is 27.1 Å². The zero-order chi connectivity index (χ0) is 15.5. The Bertz CT molecular complexity index is 584. The Kier molecular flexibility index (Phi) is 4.56. The summed E-state index contributed by atoms with van der Waals surface area (Å²) in [5.41, 5.74) is 0.445. The minimum atomic E-state index is -4.43. The lowest BCUT2D eigenvalue weighted by Gasteiger charge is -2.05. The number of thiazole rings is 1. The van der Waals surface area contributed by atoms with Crippen LogP contribution in [0.1, 0.15) is 10.6 Å². The molecule has 0 radical (unpaired) electrons. The molecule has 0 aliphatic heterocycles. The second-order valence-corrected chi connectivity index (χ2v) is 4.78. The number of rotatable bonds is 5. The average molecular weight is 325 g/mol. The maximum atomic E-state index is 12.4. The minimum absolute atomic E-state index is 0.0945. The van der Waals surface area contributed by atoms with Gasteiger partial charge in [-0.05, 0) is 12.1 Å². The molecule has 0 spiro atoms. The van der Waals surface area contributed by atoms with Crippen LogP contribution in [-0.2, 0) is 12.7 Å². The van der Waals surface area contributed by atoms with Crippen molar-refractivity contribution in [2.75, 3.05) is 5.32 Å². The molecule has 0 amide bonds. The van der Waals surface area contributed by atoms with Crippen LogP contribution in [0.5, 0.6) is 5.75 Å². The third-order valence-electron chi connectivity index (χ3n) is 2.23. The molecule has 2 aromatic heterocycles. The number of aromatic nitrogens is 2. The van der Waals surface area contributed by atoms with E-state index in [0.717, 1.165) is 12.4 Å². The monoisotopic (exact) mass is 325 g/mol. The lowest BCUT2D eigenvalue weighted by molar-refractivity contribution is -0.134. The van der Waals surface area contributed by atoms with Gasteiger partial charge in [0.25, 0.3) is 0 Å². The number of pyridine rings is 1. The van der Waals surface area contributed by atoms with Gasteiger partial charge in [-0.2, -0.15) is 22.0 Å². The molecule has 0 saturated heterocycles. The molecule has 0 saturated carbocycles. The Morgan fingerprint density at radius 3 is 2.48 bits per heavy atom. The Morgan fingerprint density at radius 1 is 1.19 bits per heavy atom. The van der Waals surface area contributed by atoms with Crippen LogP contribution in [-0.4, -0.2) is 16.6 Å². The van der Waals surface area contributed by atoms with Crippen LogP contribution in [0.15, 0.2) is 24.5 Å². The van der Waals surface area contributed by atoms with Gasteiger partial charge in [0.1, 0.15) is 10.6 Å². The number of anilines is 1. The van der Waals surface area contributed by atoms with E-state index in [-0.39, 0.29) is 17.4 Å². The highest BCUT2D eigenvalue weighted by atomic mass is 32.1. The van der Waals surface area contributed by atoms with Gasteiger partial charge >= 0.3 is 12.8 Å². The molecule has 21 heavy (non-hydrogen) atoms. The number of hydrogen-bond acceptors (Lipinski definition) is 5. The highest BCUT2D eigenvalue weighted by Gasteiger charge is 2.33. The van der Waals surface area contributed by atoms with Crippen molar-refractivity contribution >= 4 is 16.5 Å². The van der Waals surface area contributed by atoms with Gasteiger partial charge in [-0.15, -0.1) is 0 Å². The van der Waals surface area contributed by atoms with Crippen molar-refractivity contribution in [1.29, 1.82) is 0 Å². The molecular formula is C11H8F5N3OS. The standard InChI is InChI=1S/C11H8F5N3OS/c12-9(13)20-7-2-1-6(17-4-7)3-18-10-19-5-8(21-10)11(14,15)16/h1-2,4-5,9H,3H2,(H,18,19). The lowest BCUT2D eigenvalue weighted by Crippen LogP contribution is -2.04. The fraction of sp³-hybridized carbons (Fsp3) is 0.273. The van der Waals surface area contributed by atoms with E-state index in [1.165, 1.54) is 12.1 Å². The van der Waals surface area contributed by atoms with E-state index in [9.17, 15) is 22.0 Å². The molecule has 2 rings (SSSR count). The Hall–Kier alpha value is -1.97. The number of nitrogens with zero attached hydrogens (tertiary/aromatic N) is 2. The summed E-state index contributed by atoms with van der Waals surface area (Å²) in [6.07, 6.45) is -2.59. The number of hydrogen-bond donors (Lipinski definition) is 1. The first-order chi connectivity index (χ1) is 9.84. The molecule has 0 bridgehead atoms. The summed E-state index contributed by atoms with van der Waals surface area (Å²) in [4.78, 5) is 6.62. The number of nitrogens with one attached hydrogen (secondary N) is 1. The summed E-state index contributed by atoms with van der Waals surface area (Å²) in [6, 6.07) is 2.71. The Labute approximate surface area is 119 Å². The predicted octanol–water partition coefficient (Wildman–Crippen LogP) is 3.77. The molecule has 0 atom stereocenters. The molecule has 114 valence electrons. The van der Waals surface area contributed by atoms with Crippen molar-refractivity contribution in [3.05, 3.63) is 35.1 Å². The topological polar surface area (TPSA) is 47.0 Å². The molecule has 0 unspecified atom stereocenters. The molecule has 0 aliphatic carbocycles. The normalized spacial score (nSPS) is 11.7. The van der Waals surface area contributed by atoms with Crippen molar-refractivity contribution in [3.63, 3.8) is 0 Å². The fourth-order valence-electron chi connectivity index (χ4n) is 1.34. The lowest BCUT2D eigenvalue weighted by atomic mass is 10.3. The summed E-state index contributed by atoms with van der Waals surface area (Å²) in [7, 11) is 0. The van der Waals surface area contributed by atoms with E-state index < -0.39 is 17.7 Å². The van der Waals surface area contributed by atoms with E-state index in [2.05, 4.69) is 20.0 Å². The minimum Gasteiger partial charge on any atom is -0.433 e. The molecule has 10 heteroatoms. The summed E-state index contributed by atoms with van der Waals surface area (Å²) < 4.78 is 65.1. The van der Waals surface area contributed by atoms with E-state index in [1.54, 1.807) is 0 Å². The van der Waals surface area contributed by atoms with Crippen LogP contribution < -0.4 is 10.1 Å². The third-order valence-corrected chi connectivity index (χ3v) is 3.23. The van der Waals surface area contributed by atoms with Crippen molar-refractivity contribution in [1.82, 2.24) is 9.97 Å². The van der Waals surface area contributed by atoms with Gasteiger partial charge in [-0.25, -0.2) is 4.98 Å². The van der Waals surface area contributed by atoms with Crippen LogP contribution in [0, 0.1) is 0 Å². The zero-order valence-electron chi connectivity index (χ0n) is 10.2. The quantitative estimate of drug-likeness (QED) is 0.850. The van der Waals surface area contributed by atoms with E-state index in [1.807, 2.05) is 0 Å². The van der Waals surface area contributed by atoms with Gasteiger partial charge < -0.3 is 10.1 Å². The fourth-order valence-corrected chi connectivity index (χ4v) is 2.02. The molecular weight excluding hydrogens is 317 g/mol. The average Bonchev–Trinajstić information content (AvgIpc) is 2.86. The van der Waals surface area contributed by atoms with Crippen molar-refractivity contribution < 1.29 is 26.7 Å². The molecule has 4 nitrogen and oxygen atoms in total. The van der Waals surface area contributed by atoms with Crippen LogP contribution >= 0.6 is 11.3 Å². The van der Waals surface area contributed by atoms with Crippen molar-refractivity contribution in [3.8, 4) is 5.75 Å². The second-order valence-electron chi connectivity index (χ2n) is 3.74. The molecule has 0 aliphatic rings. The maximum absolute atomic E-state index is 12.4.